The first-order valence-electron chi connectivity index (χ1n) is 24.9. The number of benzene rings is 2. The number of carbonyl (C=O) groups is 1. The zero-order valence-corrected chi connectivity index (χ0v) is 39.3. The summed E-state index contributed by atoms with van der Waals surface area (Å²) in [7, 11) is 0. The number of hydrogen-bond donors (Lipinski definition) is 1. The molecule has 2 aliphatic heterocycles. The van der Waals surface area contributed by atoms with Gasteiger partial charge in [0.1, 0.15) is 42.0 Å². The number of fused-ring (bicyclic) bond motifs is 2. The average molecular weight is 885 g/mol. The van der Waals surface area contributed by atoms with Gasteiger partial charge in [-0.25, -0.2) is 4.79 Å². The molecule has 0 fully saturated rings. The molecule has 4 aromatic rings. The highest BCUT2D eigenvalue weighted by Gasteiger charge is 2.26. The summed E-state index contributed by atoms with van der Waals surface area (Å²) in [6.45, 7) is 6.11. The van der Waals surface area contributed by atoms with Crippen LogP contribution in [0.3, 0.4) is 0 Å². The molecule has 2 aromatic heterocycles. The normalized spacial score (nSPS) is 15.0. The van der Waals surface area contributed by atoms with E-state index in [1.54, 1.807) is 12.5 Å². The van der Waals surface area contributed by atoms with Crippen LogP contribution in [0.15, 0.2) is 125 Å². The number of nitrogens with zero attached hydrogens (tertiary/aromatic N) is 2. The maximum Gasteiger partial charge on any atom is 0.339 e. The van der Waals surface area contributed by atoms with E-state index in [1.165, 1.54) is 88.2 Å². The van der Waals surface area contributed by atoms with Crippen molar-refractivity contribution in [2.45, 2.75) is 162 Å². The van der Waals surface area contributed by atoms with Crippen molar-refractivity contribution in [3.05, 3.63) is 155 Å². The summed E-state index contributed by atoms with van der Waals surface area (Å²) in [4.78, 5) is 16.7. The average Bonchev–Trinajstić information content (AvgIpc) is 4.04. The van der Waals surface area contributed by atoms with Crippen LogP contribution in [0.1, 0.15) is 167 Å². The molecule has 350 valence electrons. The monoisotopic (exact) mass is 885 g/mol. The van der Waals surface area contributed by atoms with Crippen molar-refractivity contribution in [2.24, 2.45) is 5.92 Å². The predicted octanol–water partition coefficient (Wildman–Crippen LogP) is 14.9. The molecule has 2 aliphatic rings. The topological polar surface area (TPSA) is 88.5 Å². The fourth-order valence-corrected chi connectivity index (χ4v) is 9.12. The molecule has 4 heterocycles. The Morgan fingerprint density at radius 2 is 1.22 bits per heavy atom. The van der Waals surface area contributed by atoms with Crippen molar-refractivity contribution in [3.8, 4) is 11.5 Å². The first-order valence-corrected chi connectivity index (χ1v) is 24.9. The largest absolute Gasteiger partial charge is 0.478 e. The van der Waals surface area contributed by atoms with Crippen molar-refractivity contribution < 1.29 is 28.2 Å². The number of hydrogen-bond acceptors (Lipinski definition) is 7. The van der Waals surface area contributed by atoms with Crippen LogP contribution in [-0.2, 0) is 39.0 Å². The fourth-order valence-electron chi connectivity index (χ4n) is 9.12. The van der Waals surface area contributed by atoms with Gasteiger partial charge in [-0.3, -0.25) is 9.80 Å². The van der Waals surface area contributed by atoms with Crippen molar-refractivity contribution in [1.82, 2.24) is 9.80 Å². The molecule has 1 N–H and O–H groups in total. The van der Waals surface area contributed by atoms with E-state index >= 15 is 0 Å². The van der Waals surface area contributed by atoms with Gasteiger partial charge in [-0.15, -0.1) is 0 Å². The number of unbranched alkanes of at least 4 members (excludes halogenated alkanes) is 8. The summed E-state index contributed by atoms with van der Waals surface area (Å²) in [5.41, 5.74) is 4.78. The number of carboxylic acid groups (broad SMARTS) is 1. The standard InChI is InChI=1S/C57H76N2O6/c1-2-3-4-5-6-12-15-18-21-27-47(29-24-30-48-34-35-50-41-58(45-64-54(50)40-48)43-52-32-25-38-62-52)28-22-19-16-13-10-8-7-9-11-14-17-20-23-31-49-36-37-51-42-59(44-53-33-26-39-63-53)46-65-56(51)55(49)57(60)61/h4-5,7-8,12-13,15-16,25-26,32-40,47H,2-3,6,9-11,14,17-24,27-31,41-46H2,1H3,(H,60,61)/b5-4-,8-7-,15-12-,16-13-. The molecule has 0 saturated heterocycles. The molecule has 65 heavy (non-hydrogen) atoms. The molecule has 0 bridgehead atoms. The molecule has 0 spiro atoms. The van der Waals surface area contributed by atoms with Crippen LogP contribution in [0, 0.1) is 5.92 Å². The Bertz CT molecular complexity index is 2060. The minimum absolute atomic E-state index is 0.337. The zero-order valence-electron chi connectivity index (χ0n) is 39.3. The van der Waals surface area contributed by atoms with Crippen LogP contribution < -0.4 is 9.47 Å². The van der Waals surface area contributed by atoms with Gasteiger partial charge in [0, 0.05) is 24.2 Å². The maximum absolute atomic E-state index is 12.3. The second kappa shape index (κ2) is 28.8. The van der Waals surface area contributed by atoms with Gasteiger partial charge in [-0.1, -0.05) is 125 Å². The smallest absolute Gasteiger partial charge is 0.339 e. The molecule has 0 radical (unpaired) electrons. The van der Waals surface area contributed by atoms with E-state index in [9.17, 15) is 9.90 Å². The molecule has 0 saturated carbocycles. The zero-order chi connectivity index (χ0) is 45.2. The third-order valence-corrected chi connectivity index (χ3v) is 12.7. The highest BCUT2D eigenvalue weighted by atomic mass is 16.5. The summed E-state index contributed by atoms with van der Waals surface area (Å²) in [6.07, 6.45) is 45.2. The van der Waals surface area contributed by atoms with Crippen LogP contribution in [0.2, 0.25) is 0 Å². The number of allylic oxidation sites excluding steroid dienone is 8. The van der Waals surface area contributed by atoms with Crippen LogP contribution >= 0.6 is 0 Å². The third kappa shape index (κ3) is 17.7. The highest BCUT2D eigenvalue weighted by molar-refractivity contribution is 5.93. The third-order valence-electron chi connectivity index (χ3n) is 12.7. The summed E-state index contributed by atoms with van der Waals surface area (Å²) >= 11 is 0. The van der Waals surface area contributed by atoms with Gasteiger partial charge in [0.15, 0.2) is 0 Å². The van der Waals surface area contributed by atoms with E-state index in [0.29, 0.717) is 37.9 Å². The Labute approximate surface area is 390 Å². The number of rotatable bonds is 31. The highest BCUT2D eigenvalue weighted by Crippen LogP contribution is 2.34. The fraction of sp³-hybridized carbons (Fsp3) is 0.491. The molecular weight excluding hydrogens is 809 g/mol. The summed E-state index contributed by atoms with van der Waals surface area (Å²) < 4.78 is 23.2. The molecule has 0 aliphatic carbocycles. The molecule has 8 nitrogen and oxygen atoms in total. The van der Waals surface area contributed by atoms with Gasteiger partial charge < -0.3 is 23.4 Å². The lowest BCUT2D eigenvalue weighted by molar-refractivity contribution is 0.0646. The molecule has 6 rings (SSSR count). The van der Waals surface area contributed by atoms with Crippen LogP contribution in [0.25, 0.3) is 0 Å². The summed E-state index contributed by atoms with van der Waals surface area (Å²) in [6, 6.07) is 18.7. The Kier molecular flexibility index (Phi) is 21.9. The van der Waals surface area contributed by atoms with Crippen molar-refractivity contribution in [1.29, 1.82) is 0 Å². The first kappa shape index (κ1) is 49.4. The predicted molar refractivity (Wildman–Crippen MR) is 263 cm³/mol. The Morgan fingerprint density at radius 1 is 0.631 bits per heavy atom. The molecule has 8 heteroatoms. The summed E-state index contributed by atoms with van der Waals surface area (Å²) in [5, 5.41) is 10.1. The minimum Gasteiger partial charge on any atom is -0.478 e. The van der Waals surface area contributed by atoms with E-state index in [0.717, 1.165) is 98.8 Å². The lowest BCUT2D eigenvalue weighted by Gasteiger charge is -2.29. The maximum atomic E-state index is 12.3. The van der Waals surface area contributed by atoms with Gasteiger partial charge in [0.05, 0.1) is 25.6 Å². The van der Waals surface area contributed by atoms with E-state index < -0.39 is 5.97 Å². The van der Waals surface area contributed by atoms with Gasteiger partial charge >= 0.3 is 5.97 Å². The number of aryl methyl sites for hydroxylation is 2. The van der Waals surface area contributed by atoms with Crippen molar-refractivity contribution >= 4 is 5.97 Å². The molecule has 0 amide bonds. The van der Waals surface area contributed by atoms with E-state index in [1.807, 2.05) is 36.4 Å². The van der Waals surface area contributed by atoms with Crippen LogP contribution in [0.5, 0.6) is 11.5 Å². The van der Waals surface area contributed by atoms with Crippen molar-refractivity contribution in [2.75, 3.05) is 13.5 Å². The van der Waals surface area contributed by atoms with Crippen LogP contribution in [-0.4, -0.2) is 34.3 Å². The molecular formula is C57H76N2O6. The second-order valence-electron chi connectivity index (χ2n) is 18.1. The minimum atomic E-state index is -0.904. The summed E-state index contributed by atoms with van der Waals surface area (Å²) in [5.74, 6) is 3.29. The number of aromatic carboxylic acids is 1. The lowest BCUT2D eigenvalue weighted by Crippen LogP contribution is -2.32. The van der Waals surface area contributed by atoms with E-state index in [-0.39, 0.29) is 0 Å². The van der Waals surface area contributed by atoms with Gasteiger partial charge in [0.25, 0.3) is 0 Å². The van der Waals surface area contributed by atoms with Crippen LogP contribution in [0.4, 0.5) is 0 Å². The molecule has 1 unspecified atom stereocenters. The van der Waals surface area contributed by atoms with E-state index in [4.69, 9.17) is 18.3 Å². The number of carboxylic acids is 1. The Morgan fingerprint density at radius 3 is 1.86 bits per heavy atom. The molecule has 1 atom stereocenters. The quantitative estimate of drug-likeness (QED) is 0.0395. The Hall–Kier alpha value is -5.05. The van der Waals surface area contributed by atoms with Crippen molar-refractivity contribution in [3.63, 3.8) is 0 Å². The first-order chi connectivity index (χ1) is 32.1. The van der Waals surface area contributed by atoms with Gasteiger partial charge in [-0.05, 0) is 131 Å². The van der Waals surface area contributed by atoms with Gasteiger partial charge in [-0.2, -0.15) is 0 Å². The molecule has 2 aromatic carbocycles. The second-order valence-corrected chi connectivity index (χ2v) is 18.1. The van der Waals surface area contributed by atoms with Gasteiger partial charge in [0.2, 0.25) is 0 Å². The lowest BCUT2D eigenvalue weighted by atomic mass is 9.90. The number of furan rings is 2. The number of ether oxygens (including phenoxy) is 2. The van der Waals surface area contributed by atoms with E-state index in [2.05, 4.69) is 83.5 Å². The SMILES string of the molecule is CCC/C=C\C/C=C\CCCC(CCC/C=C\C/C=C\CCCCCCCc1ccc2c(c1C(=O)O)OCN(Cc1ccco1)C2)CCCc1ccc2c(c1)OCN(Cc1ccco1)C2. The Balaban J connectivity index is 0.827.